The molecule has 1 aliphatic carbocycles. The quantitative estimate of drug-likeness (QED) is 0.805. The van der Waals surface area contributed by atoms with Crippen molar-refractivity contribution in [3.63, 3.8) is 0 Å². The highest BCUT2D eigenvalue weighted by molar-refractivity contribution is 7.99. The van der Waals surface area contributed by atoms with Gasteiger partial charge in [-0.05, 0) is 43.0 Å². The van der Waals surface area contributed by atoms with E-state index in [-0.39, 0.29) is 0 Å². The van der Waals surface area contributed by atoms with E-state index in [1.165, 1.54) is 29.2 Å². The van der Waals surface area contributed by atoms with Gasteiger partial charge in [0.2, 0.25) is 0 Å². The second-order valence-electron chi connectivity index (χ2n) is 5.01. The fraction of sp³-hybridized carbons (Fsp3) is 0.750. The van der Waals surface area contributed by atoms with Crippen molar-refractivity contribution >= 4 is 34.1 Å². The van der Waals surface area contributed by atoms with E-state index in [0.717, 1.165) is 18.5 Å². The highest BCUT2D eigenvalue weighted by Gasteiger charge is 2.32. The smallest absolute Gasteiger partial charge is 0.153 e. The van der Waals surface area contributed by atoms with Crippen molar-refractivity contribution in [2.45, 2.75) is 44.0 Å². The average Bonchev–Trinajstić information content (AvgIpc) is 3.04. The van der Waals surface area contributed by atoms with Crippen molar-refractivity contribution < 1.29 is 0 Å². The van der Waals surface area contributed by atoms with Crippen LogP contribution in [0, 0.1) is 5.92 Å². The van der Waals surface area contributed by atoms with Crippen LogP contribution in [0.1, 0.15) is 33.1 Å². The number of rotatable bonds is 6. The minimum atomic E-state index is 0.702. The van der Waals surface area contributed by atoms with Crippen LogP contribution in [0.5, 0.6) is 0 Å². The number of aromatic nitrogens is 1. The second kappa shape index (κ2) is 5.48. The first-order valence-electron chi connectivity index (χ1n) is 6.19. The summed E-state index contributed by atoms with van der Waals surface area (Å²) in [5.74, 6) is 1.45. The van der Waals surface area contributed by atoms with Gasteiger partial charge in [-0.25, -0.2) is 0 Å². The summed E-state index contributed by atoms with van der Waals surface area (Å²) in [4.78, 5) is 3.70. The number of nitrogens with two attached hydrogens (primary N) is 1. The van der Waals surface area contributed by atoms with E-state index in [1.54, 1.807) is 23.3 Å². The minimum absolute atomic E-state index is 0.702. The molecule has 1 fully saturated rings. The van der Waals surface area contributed by atoms with E-state index in [0.29, 0.717) is 5.82 Å². The van der Waals surface area contributed by atoms with Crippen molar-refractivity contribution in [3.8, 4) is 0 Å². The molecule has 0 unspecified atom stereocenters. The first-order chi connectivity index (χ1) is 8.13. The van der Waals surface area contributed by atoms with Crippen LogP contribution < -0.4 is 10.6 Å². The number of nitrogen functional groups attached to an aromatic ring is 1. The summed E-state index contributed by atoms with van der Waals surface area (Å²) in [6.07, 6.45) is 5.96. The molecule has 0 radical (unpaired) electrons. The first kappa shape index (κ1) is 13.0. The molecule has 3 nitrogen and oxygen atoms in total. The lowest BCUT2D eigenvalue weighted by Crippen LogP contribution is -2.27. The fourth-order valence-electron chi connectivity index (χ4n) is 1.89. The highest BCUT2D eigenvalue weighted by Crippen LogP contribution is 2.42. The van der Waals surface area contributed by atoms with Crippen LogP contribution in [0.15, 0.2) is 4.90 Å². The highest BCUT2D eigenvalue weighted by atomic mass is 32.2. The van der Waals surface area contributed by atoms with Crippen LogP contribution in [0.4, 0.5) is 10.8 Å². The van der Waals surface area contributed by atoms with Crippen LogP contribution in [0.2, 0.25) is 0 Å². The largest absolute Gasteiger partial charge is 0.382 e. The number of thioether (sulfide) groups is 1. The third-order valence-corrected chi connectivity index (χ3v) is 4.90. The Morgan fingerprint density at radius 1 is 1.53 bits per heavy atom. The predicted octanol–water partition coefficient (Wildman–Crippen LogP) is 3.46. The molecule has 1 saturated carbocycles. The molecule has 96 valence electrons. The summed E-state index contributed by atoms with van der Waals surface area (Å²) >= 11 is 3.28. The van der Waals surface area contributed by atoms with Gasteiger partial charge < -0.3 is 10.6 Å². The van der Waals surface area contributed by atoms with E-state index in [4.69, 9.17) is 5.73 Å². The Labute approximate surface area is 112 Å². The maximum Gasteiger partial charge on any atom is 0.153 e. The normalized spacial score (nSPS) is 15.5. The molecule has 0 saturated heterocycles. The Hall–Kier alpha value is -0.420. The Morgan fingerprint density at radius 3 is 2.76 bits per heavy atom. The van der Waals surface area contributed by atoms with Gasteiger partial charge in [-0.15, -0.1) is 11.8 Å². The zero-order chi connectivity index (χ0) is 12.4. The topological polar surface area (TPSA) is 42.1 Å². The Morgan fingerprint density at radius 2 is 2.24 bits per heavy atom. The summed E-state index contributed by atoms with van der Waals surface area (Å²) in [7, 11) is 0. The molecule has 17 heavy (non-hydrogen) atoms. The van der Waals surface area contributed by atoms with Crippen LogP contribution in [0.25, 0.3) is 0 Å². The lowest BCUT2D eigenvalue weighted by Gasteiger charge is -2.24. The van der Waals surface area contributed by atoms with E-state index in [2.05, 4.69) is 29.4 Å². The van der Waals surface area contributed by atoms with Crippen LogP contribution in [0.3, 0.4) is 0 Å². The van der Waals surface area contributed by atoms with Gasteiger partial charge >= 0.3 is 0 Å². The lowest BCUT2D eigenvalue weighted by atomic mass is 10.1. The average molecular weight is 271 g/mol. The van der Waals surface area contributed by atoms with Gasteiger partial charge in [0, 0.05) is 12.6 Å². The van der Waals surface area contributed by atoms with Gasteiger partial charge in [0.25, 0.3) is 0 Å². The van der Waals surface area contributed by atoms with E-state index in [9.17, 15) is 0 Å². The van der Waals surface area contributed by atoms with Crippen molar-refractivity contribution in [3.05, 3.63) is 0 Å². The van der Waals surface area contributed by atoms with Crippen LogP contribution in [-0.4, -0.2) is 23.2 Å². The van der Waals surface area contributed by atoms with Crippen molar-refractivity contribution in [1.82, 2.24) is 4.37 Å². The molecule has 0 bridgehead atoms. The maximum atomic E-state index is 5.92. The molecule has 5 heteroatoms. The summed E-state index contributed by atoms with van der Waals surface area (Å²) in [5, 5.41) is 1.29. The van der Waals surface area contributed by atoms with Crippen molar-refractivity contribution in [2.75, 3.05) is 23.4 Å². The zero-order valence-corrected chi connectivity index (χ0v) is 12.4. The Bertz CT molecular complexity index is 372. The van der Waals surface area contributed by atoms with Crippen LogP contribution in [-0.2, 0) is 0 Å². The van der Waals surface area contributed by atoms with E-state index < -0.39 is 0 Å². The van der Waals surface area contributed by atoms with Gasteiger partial charge in [-0.1, -0.05) is 13.8 Å². The molecular weight excluding hydrogens is 250 g/mol. The summed E-state index contributed by atoms with van der Waals surface area (Å²) in [5.41, 5.74) is 5.92. The molecule has 0 amide bonds. The predicted molar refractivity (Wildman–Crippen MR) is 78.1 cm³/mol. The summed E-state index contributed by atoms with van der Waals surface area (Å²) in [6, 6.07) is 0.736. The number of hydrogen-bond acceptors (Lipinski definition) is 5. The van der Waals surface area contributed by atoms with Gasteiger partial charge in [-0.3, -0.25) is 0 Å². The third-order valence-electron chi connectivity index (χ3n) is 3.06. The minimum Gasteiger partial charge on any atom is -0.382 e. The number of hydrogen-bond donors (Lipinski definition) is 1. The molecule has 2 rings (SSSR count). The Balaban J connectivity index is 2.14. The molecule has 1 aliphatic rings. The van der Waals surface area contributed by atoms with E-state index in [1.807, 2.05) is 0 Å². The number of anilines is 2. The first-order valence-corrected chi connectivity index (χ1v) is 8.19. The molecule has 0 aliphatic heterocycles. The third kappa shape index (κ3) is 3.07. The van der Waals surface area contributed by atoms with Crippen molar-refractivity contribution in [2.24, 2.45) is 5.92 Å². The fourth-order valence-corrected chi connectivity index (χ4v) is 3.67. The van der Waals surface area contributed by atoms with Gasteiger partial charge in [0.1, 0.15) is 5.00 Å². The molecule has 0 atom stereocenters. The van der Waals surface area contributed by atoms with Crippen molar-refractivity contribution in [1.29, 1.82) is 0 Å². The van der Waals surface area contributed by atoms with Gasteiger partial charge in [0.15, 0.2) is 5.82 Å². The number of nitrogens with zero attached hydrogens (tertiary/aromatic N) is 2. The Kier molecular flexibility index (Phi) is 4.20. The SMILES string of the molecule is CSc1c(N)nsc1N(CCC(C)C)C1CC1. The van der Waals surface area contributed by atoms with Gasteiger partial charge in [-0.2, -0.15) is 4.37 Å². The zero-order valence-electron chi connectivity index (χ0n) is 10.8. The molecule has 0 spiro atoms. The van der Waals surface area contributed by atoms with E-state index >= 15 is 0 Å². The molecule has 0 aromatic carbocycles. The second-order valence-corrected chi connectivity index (χ2v) is 6.58. The standard InChI is InChI=1S/C12H21N3S2/c1-8(2)6-7-15(9-4-5-9)12-10(16-3)11(13)14-17-12/h8-9H,4-7H2,1-3H3,(H2,13,14). The lowest BCUT2D eigenvalue weighted by molar-refractivity contribution is 0.571. The molecule has 1 aromatic rings. The van der Waals surface area contributed by atoms with Crippen LogP contribution >= 0.6 is 23.3 Å². The molecule has 2 N–H and O–H groups in total. The summed E-state index contributed by atoms with van der Waals surface area (Å²) < 4.78 is 4.30. The molecule has 1 heterocycles. The summed E-state index contributed by atoms with van der Waals surface area (Å²) in [6.45, 7) is 5.70. The maximum absolute atomic E-state index is 5.92. The van der Waals surface area contributed by atoms with Gasteiger partial charge in [0.05, 0.1) is 4.90 Å². The molecule has 1 aromatic heterocycles. The molecular formula is C12H21N3S2. The monoisotopic (exact) mass is 271 g/mol.